The van der Waals surface area contributed by atoms with Crippen molar-refractivity contribution in [1.29, 1.82) is 0 Å². The summed E-state index contributed by atoms with van der Waals surface area (Å²) in [7, 11) is 0. The first kappa shape index (κ1) is 26.1. The number of carbonyl (C=O) groups is 3. The van der Waals surface area contributed by atoms with Gasteiger partial charge in [0.25, 0.3) is 5.91 Å². The zero-order chi connectivity index (χ0) is 28.5. The fourth-order valence-corrected chi connectivity index (χ4v) is 5.90. The van der Waals surface area contributed by atoms with E-state index in [1.54, 1.807) is 53.9 Å². The average Bonchev–Trinajstić information content (AvgIpc) is 3.43. The molecule has 1 aromatic heterocycles. The molecule has 0 spiro atoms. The van der Waals surface area contributed by atoms with E-state index in [2.05, 4.69) is 5.32 Å². The maximum atomic E-state index is 14.8. The minimum Gasteiger partial charge on any atom is -0.478 e. The van der Waals surface area contributed by atoms with Gasteiger partial charge < -0.3 is 10.4 Å². The third-order valence-corrected chi connectivity index (χ3v) is 7.94. The van der Waals surface area contributed by atoms with Gasteiger partial charge >= 0.3 is 5.97 Å². The van der Waals surface area contributed by atoms with E-state index in [1.807, 2.05) is 36.4 Å². The van der Waals surface area contributed by atoms with Crippen molar-refractivity contribution in [2.75, 3.05) is 0 Å². The molecule has 1 heterocycles. The fourth-order valence-electron chi connectivity index (χ4n) is 4.89. The van der Waals surface area contributed by atoms with Gasteiger partial charge in [-0.2, -0.15) is 0 Å². The fraction of sp³-hybridized carbons (Fsp3) is 0.0294. The van der Waals surface area contributed by atoms with Crippen molar-refractivity contribution in [3.63, 3.8) is 0 Å². The maximum absolute atomic E-state index is 14.8. The minimum atomic E-state index is -1.03. The molecule has 41 heavy (non-hydrogen) atoms. The summed E-state index contributed by atoms with van der Waals surface area (Å²) in [5.41, 5.74) is 2.90. The van der Waals surface area contributed by atoms with E-state index in [9.17, 15) is 18.8 Å². The molecule has 6 aromatic rings. The van der Waals surface area contributed by atoms with Crippen molar-refractivity contribution in [3.8, 4) is 11.1 Å². The summed E-state index contributed by atoms with van der Waals surface area (Å²) < 4.78 is 15.4. The van der Waals surface area contributed by atoms with Gasteiger partial charge in [-0.15, -0.1) is 11.3 Å². The van der Waals surface area contributed by atoms with Gasteiger partial charge in [0.05, 0.1) is 5.56 Å². The van der Waals surface area contributed by atoms with Gasteiger partial charge in [0.15, 0.2) is 5.78 Å². The van der Waals surface area contributed by atoms with Gasteiger partial charge in [0.1, 0.15) is 5.82 Å². The quantitative estimate of drug-likeness (QED) is 0.196. The molecule has 0 saturated carbocycles. The van der Waals surface area contributed by atoms with Gasteiger partial charge in [-0.1, -0.05) is 66.7 Å². The zero-order valence-corrected chi connectivity index (χ0v) is 22.4. The molecule has 7 heteroatoms. The second-order valence-corrected chi connectivity index (χ2v) is 10.5. The number of rotatable bonds is 7. The molecular weight excluding hydrogens is 537 g/mol. The van der Waals surface area contributed by atoms with E-state index in [1.165, 1.54) is 29.5 Å². The molecule has 5 aromatic carbocycles. The van der Waals surface area contributed by atoms with Crippen molar-refractivity contribution in [2.45, 2.75) is 6.54 Å². The Labute approximate surface area is 238 Å². The zero-order valence-electron chi connectivity index (χ0n) is 21.6. The predicted molar refractivity (Wildman–Crippen MR) is 159 cm³/mol. The largest absolute Gasteiger partial charge is 0.478 e. The number of benzene rings is 5. The first-order valence-electron chi connectivity index (χ1n) is 12.8. The Hall–Kier alpha value is -5.14. The number of nitrogens with one attached hydrogen (secondary N) is 1. The highest BCUT2D eigenvalue weighted by atomic mass is 32.1. The lowest BCUT2D eigenvalue weighted by atomic mass is 9.94. The summed E-state index contributed by atoms with van der Waals surface area (Å²) in [5.74, 6) is -2.09. The normalized spacial score (nSPS) is 11.0. The molecule has 0 bridgehead atoms. The van der Waals surface area contributed by atoms with Crippen molar-refractivity contribution >= 4 is 49.9 Å². The Morgan fingerprint density at radius 1 is 0.756 bits per heavy atom. The number of ketones is 1. The lowest BCUT2D eigenvalue weighted by Gasteiger charge is -2.12. The van der Waals surface area contributed by atoms with Crippen molar-refractivity contribution in [1.82, 2.24) is 5.32 Å². The lowest BCUT2D eigenvalue weighted by molar-refractivity contribution is 0.0696. The molecule has 1 amide bonds. The highest BCUT2D eigenvalue weighted by Gasteiger charge is 2.22. The molecule has 0 radical (unpaired) electrons. The predicted octanol–water partition coefficient (Wildman–Crippen LogP) is 7.72. The molecule has 200 valence electrons. The number of carbonyl (C=O) groups excluding carboxylic acids is 2. The van der Waals surface area contributed by atoms with E-state index in [-0.39, 0.29) is 23.5 Å². The van der Waals surface area contributed by atoms with Gasteiger partial charge in [0, 0.05) is 44.3 Å². The van der Waals surface area contributed by atoms with Crippen LogP contribution in [0.2, 0.25) is 0 Å². The number of aromatic carboxylic acids is 1. The van der Waals surface area contributed by atoms with Crippen LogP contribution in [-0.2, 0) is 6.54 Å². The summed E-state index contributed by atoms with van der Waals surface area (Å²) in [5, 5.41) is 16.2. The highest BCUT2D eigenvalue weighted by Crippen LogP contribution is 2.36. The van der Waals surface area contributed by atoms with Crippen LogP contribution in [0.3, 0.4) is 0 Å². The maximum Gasteiger partial charge on any atom is 0.335 e. The first-order valence-corrected chi connectivity index (χ1v) is 13.7. The van der Waals surface area contributed by atoms with Crippen LogP contribution in [0.5, 0.6) is 0 Å². The van der Waals surface area contributed by atoms with Crippen LogP contribution in [0.25, 0.3) is 32.0 Å². The van der Waals surface area contributed by atoms with Crippen LogP contribution >= 0.6 is 11.3 Å². The van der Waals surface area contributed by atoms with Crippen LogP contribution in [0.4, 0.5) is 4.39 Å². The van der Waals surface area contributed by atoms with E-state index < -0.39 is 17.7 Å². The van der Waals surface area contributed by atoms with E-state index in [0.29, 0.717) is 37.9 Å². The van der Waals surface area contributed by atoms with Crippen molar-refractivity contribution < 1.29 is 23.9 Å². The molecule has 0 saturated heterocycles. The van der Waals surface area contributed by atoms with Crippen LogP contribution in [0.1, 0.15) is 42.2 Å². The number of fused-ring (bicyclic) bond motifs is 2. The lowest BCUT2D eigenvalue weighted by Crippen LogP contribution is -2.23. The summed E-state index contributed by atoms with van der Waals surface area (Å²) >= 11 is 1.33. The number of hydrogen-bond donors (Lipinski definition) is 2. The Morgan fingerprint density at radius 3 is 2.22 bits per heavy atom. The molecule has 5 nitrogen and oxygen atoms in total. The Balaban J connectivity index is 1.42. The third-order valence-electron chi connectivity index (χ3n) is 7.01. The molecule has 0 aliphatic heterocycles. The van der Waals surface area contributed by atoms with E-state index in [0.717, 1.165) is 10.8 Å². The molecule has 0 fully saturated rings. The number of carboxylic acid groups (broad SMARTS) is 1. The molecule has 0 unspecified atom stereocenters. The minimum absolute atomic E-state index is 0.141. The molecule has 0 aliphatic rings. The molecular formula is C34H22FNO4S. The molecule has 0 atom stereocenters. The monoisotopic (exact) mass is 559 g/mol. The molecule has 6 rings (SSSR count). The van der Waals surface area contributed by atoms with Crippen molar-refractivity contribution in [3.05, 3.63) is 142 Å². The molecule has 0 aliphatic carbocycles. The van der Waals surface area contributed by atoms with Gasteiger partial charge in [-0.25, -0.2) is 9.18 Å². The Morgan fingerprint density at radius 2 is 1.46 bits per heavy atom. The van der Waals surface area contributed by atoms with Gasteiger partial charge in [-0.3, -0.25) is 9.59 Å². The molecule has 2 N–H and O–H groups in total. The van der Waals surface area contributed by atoms with Crippen molar-refractivity contribution in [2.24, 2.45) is 0 Å². The third kappa shape index (κ3) is 5.11. The summed E-state index contributed by atoms with van der Waals surface area (Å²) in [6.07, 6.45) is 0. The average molecular weight is 560 g/mol. The number of carboxylic acids is 1. The van der Waals surface area contributed by atoms with Gasteiger partial charge in [-0.05, 0) is 58.3 Å². The van der Waals surface area contributed by atoms with Crippen LogP contribution in [0.15, 0.2) is 109 Å². The first-order chi connectivity index (χ1) is 19.9. The van der Waals surface area contributed by atoms with Crippen LogP contribution in [-0.4, -0.2) is 22.8 Å². The Bertz CT molecular complexity index is 1980. The number of thiophene rings is 1. The standard InChI is InChI=1S/C34H22FNO4S/c35-29-8-4-3-7-26(29)25-16-27(33(38)36-18-20-9-11-22(12-10-20)34(39)40)31-28(19-41-30(31)17-25)32(37)24-14-13-21-5-1-2-6-23(21)15-24/h1-17,19H,18H2,(H,36,38)(H,39,40). The topological polar surface area (TPSA) is 83.5 Å². The smallest absolute Gasteiger partial charge is 0.335 e. The second kappa shape index (κ2) is 10.8. The SMILES string of the molecule is O=C(O)c1ccc(CNC(=O)c2cc(-c3ccccc3F)cc3scc(C(=O)c4ccc5ccccc5c4)c23)cc1. The Kier molecular flexibility index (Phi) is 6.87. The van der Waals surface area contributed by atoms with Crippen LogP contribution in [0, 0.1) is 5.82 Å². The van der Waals surface area contributed by atoms with Crippen LogP contribution < -0.4 is 5.32 Å². The summed E-state index contributed by atoms with van der Waals surface area (Å²) in [6, 6.07) is 29.3. The summed E-state index contributed by atoms with van der Waals surface area (Å²) in [6.45, 7) is 0.141. The number of amides is 1. The van der Waals surface area contributed by atoms with E-state index in [4.69, 9.17) is 5.11 Å². The number of halogens is 1. The second-order valence-electron chi connectivity index (χ2n) is 9.60. The summed E-state index contributed by atoms with van der Waals surface area (Å²) in [4.78, 5) is 38.6. The number of hydrogen-bond acceptors (Lipinski definition) is 4. The highest BCUT2D eigenvalue weighted by molar-refractivity contribution is 7.17. The van der Waals surface area contributed by atoms with E-state index >= 15 is 0 Å². The van der Waals surface area contributed by atoms with Gasteiger partial charge in [0.2, 0.25) is 0 Å².